The number of methoxy groups -OCH3 is 1. The molecule has 1 aliphatic heterocycles. The van der Waals surface area contributed by atoms with E-state index in [0.29, 0.717) is 17.0 Å². The Morgan fingerprint density at radius 3 is 2.29 bits per heavy atom. The summed E-state index contributed by atoms with van der Waals surface area (Å²) in [6.45, 7) is 0. The number of aromatic nitrogens is 1. The van der Waals surface area contributed by atoms with Crippen LogP contribution in [0.5, 0.6) is 5.75 Å². The molecule has 0 spiro atoms. The number of fused-ring (bicyclic) bond motifs is 1. The monoisotopic (exact) mass is 426 g/mol. The SMILES string of the molecule is COc1cc2c3nc(ccc3c1)C2=O.NS(=O)(=O)c1ccc(C(=O)O)cc1.[KH]. The van der Waals surface area contributed by atoms with E-state index in [9.17, 15) is 18.0 Å². The summed E-state index contributed by atoms with van der Waals surface area (Å²) in [5, 5.41) is 14.3. The molecular weight excluding hydrogens is 411 g/mol. The summed E-state index contributed by atoms with van der Waals surface area (Å²) in [5.74, 6) is -0.412. The number of primary sulfonamides is 1. The molecule has 0 saturated heterocycles. The standard InChI is InChI=1S/C11H7NO2.C7H7NO4S.K.H/c1-14-7-4-6-2-3-9-11(13)8(5-7)10(6)12-9;8-13(11,12)6-3-1-5(2-4-6)7(9)10;;/h2-5H,1H3;1-4H,(H,9,10)(H2,8,11,12);;. The summed E-state index contributed by atoms with van der Waals surface area (Å²) in [6.07, 6.45) is 0. The number of carboxylic acids is 1. The van der Waals surface area contributed by atoms with Gasteiger partial charge in [-0.05, 0) is 42.5 Å². The number of rotatable bonds is 3. The molecule has 0 saturated carbocycles. The van der Waals surface area contributed by atoms with E-state index in [1.54, 1.807) is 19.2 Å². The zero-order valence-corrected chi connectivity index (χ0v) is 14.9. The number of carbonyl (C=O) groups excluding carboxylic acids is 1. The van der Waals surface area contributed by atoms with Gasteiger partial charge in [-0.25, -0.2) is 23.3 Å². The summed E-state index contributed by atoms with van der Waals surface area (Å²) in [6, 6.07) is 11.9. The Bertz CT molecular complexity index is 1180. The molecule has 0 unspecified atom stereocenters. The van der Waals surface area contributed by atoms with Gasteiger partial charge >= 0.3 is 57.4 Å². The van der Waals surface area contributed by atoms with Gasteiger partial charge in [-0.2, -0.15) is 0 Å². The molecule has 3 aromatic rings. The van der Waals surface area contributed by atoms with Crippen LogP contribution in [0.2, 0.25) is 0 Å². The molecule has 8 nitrogen and oxygen atoms in total. The molecule has 1 aromatic heterocycles. The second-order valence-electron chi connectivity index (χ2n) is 5.65. The van der Waals surface area contributed by atoms with Crippen molar-refractivity contribution in [2.75, 3.05) is 7.11 Å². The third kappa shape index (κ3) is 4.66. The van der Waals surface area contributed by atoms with Crippen molar-refractivity contribution >= 4 is 84.1 Å². The number of sulfonamides is 1. The van der Waals surface area contributed by atoms with Gasteiger partial charge in [0.05, 0.1) is 28.6 Å². The number of ketones is 1. The van der Waals surface area contributed by atoms with Crippen LogP contribution in [0, 0.1) is 0 Å². The van der Waals surface area contributed by atoms with Crippen molar-refractivity contribution in [2.45, 2.75) is 4.90 Å². The Hall–Kier alpha value is -1.66. The topological polar surface area (TPSA) is 137 Å². The molecule has 140 valence electrons. The van der Waals surface area contributed by atoms with Crippen LogP contribution in [0.25, 0.3) is 10.9 Å². The number of nitrogens with zero attached hydrogens (tertiary/aromatic N) is 1. The van der Waals surface area contributed by atoms with Gasteiger partial charge in [-0.3, -0.25) is 4.79 Å². The van der Waals surface area contributed by atoms with Gasteiger partial charge in [0, 0.05) is 5.39 Å². The summed E-state index contributed by atoms with van der Waals surface area (Å²) in [5.41, 5.74) is 1.99. The molecule has 10 heteroatoms. The van der Waals surface area contributed by atoms with E-state index in [1.807, 2.05) is 12.1 Å². The number of hydrogen-bond donors (Lipinski definition) is 2. The third-order valence-corrected chi connectivity index (χ3v) is 4.84. The number of aromatic carboxylic acids is 1. The number of carboxylic acid groups (broad SMARTS) is 1. The number of hydrogen-bond acceptors (Lipinski definition) is 6. The second-order valence-corrected chi connectivity index (χ2v) is 7.21. The van der Waals surface area contributed by atoms with Crippen molar-refractivity contribution in [2.24, 2.45) is 5.14 Å². The first-order valence-corrected chi connectivity index (χ1v) is 9.15. The molecule has 3 N–H and O–H groups in total. The number of nitrogens with two attached hydrogens (primary N) is 1. The first kappa shape index (κ1) is 22.6. The van der Waals surface area contributed by atoms with E-state index in [2.05, 4.69) is 4.98 Å². The molecule has 0 amide bonds. The first-order chi connectivity index (χ1) is 12.7. The summed E-state index contributed by atoms with van der Waals surface area (Å²) >= 11 is 0. The molecule has 0 atom stereocenters. The van der Waals surface area contributed by atoms with Crippen LogP contribution in [0.1, 0.15) is 26.4 Å². The zero-order valence-electron chi connectivity index (χ0n) is 14.0. The third-order valence-electron chi connectivity index (χ3n) is 3.91. The Balaban J connectivity index is 0.000000194. The molecule has 0 radical (unpaired) electrons. The number of benzene rings is 2. The minimum absolute atomic E-state index is 0. The normalized spacial score (nSPS) is 11.6. The van der Waals surface area contributed by atoms with Gasteiger partial charge in [-0.1, -0.05) is 6.07 Å². The van der Waals surface area contributed by atoms with E-state index in [0.717, 1.165) is 23.0 Å². The van der Waals surface area contributed by atoms with E-state index >= 15 is 0 Å². The van der Waals surface area contributed by atoms with E-state index in [4.69, 9.17) is 15.0 Å². The van der Waals surface area contributed by atoms with Crippen molar-refractivity contribution in [3.63, 3.8) is 0 Å². The van der Waals surface area contributed by atoms with Crippen molar-refractivity contribution in [1.29, 1.82) is 0 Å². The summed E-state index contributed by atoms with van der Waals surface area (Å²) in [4.78, 5) is 26.2. The molecule has 28 heavy (non-hydrogen) atoms. The fraction of sp³-hybridized carbons (Fsp3) is 0.0556. The molecule has 1 aliphatic rings. The van der Waals surface area contributed by atoms with Crippen LogP contribution in [0.4, 0.5) is 0 Å². The van der Waals surface area contributed by atoms with Crippen LogP contribution in [-0.4, -0.2) is 88.8 Å². The van der Waals surface area contributed by atoms with Gasteiger partial charge in [0.2, 0.25) is 15.8 Å². The molecular formula is C18H15KN2O6S. The molecule has 0 fully saturated rings. The number of carbonyl (C=O) groups is 2. The van der Waals surface area contributed by atoms with Gasteiger partial charge in [0.15, 0.2) is 0 Å². The van der Waals surface area contributed by atoms with Gasteiger partial charge in [-0.15, -0.1) is 0 Å². The van der Waals surface area contributed by atoms with Crippen molar-refractivity contribution in [3.05, 3.63) is 65.4 Å². The van der Waals surface area contributed by atoms with Crippen LogP contribution in [0.15, 0.2) is 53.4 Å². The molecule has 4 rings (SSSR count). The van der Waals surface area contributed by atoms with E-state index in [-0.39, 0.29) is 67.6 Å². The van der Waals surface area contributed by atoms with Crippen LogP contribution < -0.4 is 9.88 Å². The Kier molecular flexibility index (Phi) is 7.10. The molecule has 0 aliphatic carbocycles. The van der Waals surface area contributed by atoms with Crippen molar-refractivity contribution < 1.29 is 27.9 Å². The maximum atomic E-state index is 11.7. The van der Waals surface area contributed by atoms with Crippen LogP contribution in [0.3, 0.4) is 0 Å². The van der Waals surface area contributed by atoms with Crippen LogP contribution in [-0.2, 0) is 10.0 Å². The summed E-state index contributed by atoms with van der Waals surface area (Å²) in [7, 11) is -2.15. The number of pyridine rings is 1. The Morgan fingerprint density at radius 1 is 1.11 bits per heavy atom. The van der Waals surface area contributed by atoms with Crippen molar-refractivity contribution in [3.8, 4) is 5.75 Å². The second kappa shape index (κ2) is 8.78. The Morgan fingerprint density at radius 2 is 1.75 bits per heavy atom. The van der Waals surface area contributed by atoms with Gasteiger partial charge in [0.1, 0.15) is 11.4 Å². The number of ether oxygens (including phenoxy) is 1. The summed E-state index contributed by atoms with van der Waals surface area (Å²) < 4.78 is 26.6. The maximum absolute atomic E-state index is 11.7. The first-order valence-electron chi connectivity index (χ1n) is 7.60. The predicted octanol–water partition coefficient (Wildman–Crippen LogP) is 1.17. The predicted molar refractivity (Wildman–Crippen MR) is 104 cm³/mol. The quantitative estimate of drug-likeness (QED) is 0.469. The fourth-order valence-electron chi connectivity index (χ4n) is 2.55. The van der Waals surface area contributed by atoms with E-state index in [1.165, 1.54) is 12.1 Å². The zero-order chi connectivity index (χ0) is 19.8. The molecule has 2 bridgehead atoms. The average molecular weight is 426 g/mol. The Labute approximate surface area is 203 Å². The molecule has 2 heterocycles. The van der Waals surface area contributed by atoms with Crippen LogP contribution >= 0.6 is 0 Å². The minimum atomic E-state index is -3.74. The van der Waals surface area contributed by atoms with E-state index < -0.39 is 16.0 Å². The van der Waals surface area contributed by atoms with Gasteiger partial charge in [0.25, 0.3) is 0 Å². The van der Waals surface area contributed by atoms with Crippen molar-refractivity contribution in [1.82, 2.24) is 4.98 Å². The average Bonchev–Trinajstić information content (AvgIpc) is 2.94. The fourth-order valence-corrected chi connectivity index (χ4v) is 3.07. The van der Waals surface area contributed by atoms with Gasteiger partial charge < -0.3 is 9.84 Å². The molecule has 2 aromatic carbocycles.